The van der Waals surface area contributed by atoms with Crippen LogP contribution >= 0.6 is 11.3 Å². The molecule has 2 N–H and O–H groups in total. The number of aromatic nitrogens is 2. The molecule has 0 saturated heterocycles. The first kappa shape index (κ1) is 12.2. The van der Waals surface area contributed by atoms with Gasteiger partial charge in [0.15, 0.2) is 11.5 Å². The second-order valence-corrected chi connectivity index (χ2v) is 5.40. The largest absolute Gasteiger partial charge is 0.472 e. The molecule has 0 saturated carbocycles. The lowest BCUT2D eigenvalue weighted by Crippen LogP contribution is -2.01. The number of nitrogens with zero attached hydrogens (tertiary/aromatic N) is 2. The highest BCUT2D eigenvalue weighted by Gasteiger charge is 2.14. The summed E-state index contributed by atoms with van der Waals surface area (Å²) in [5.41, 5.74) is 6.67. The van der Waals surface area contributed by atoms with Crippen molar-refractivity contribution in [1.82, 2.24) is 9.97 Å². The molecule has 7 heteroatoms. The van der Waals surface area contributed by atoms with Gasteiger partial charge in [-0.3, -0.25) is 0 Å². The number of nitrogen functional groups attached to an aromatic ring is 1. The van der Waals surface area contributed by atoms with Crippen LogP contribution in [0.1, 0.15) is 5.56 Å². The third kappa shape index (κ3) is 2.21. The van der Waals surface area contributed by atoms with Crippen LogP contribution in [0.4, 0.5) is 5.95 Å². The Morgan fingerprint density at radius 1 is 1.19 bits per heavy atom. The van der Waals surface area contributed by atoms with Gasteiger partial charge in [-0.1, -0.05) is 6.07 Å². The normalized spacial score (nSPS) is 12.8. The number of rotatable bonds is 3. The molecular weight excluding hydrogens is 290 g/mol. The van der Waals surface area contributed by atoms with Gasteiger partial charge >= 0.3 is 0 Å². The molecule has 0 unspecified atom stereocenters. The number of anilines is 1. The van der Waals surface area contributed by atoms with Gasteiger partial charge in [-0.15, -0.1) is 11.3 Å². The first-order chi connectivity index (χ1) is 10.3. The minimum absolute atomic E-state index is 0.214. The molecule has 0 atom stereocenters. The topological polar surface area (TPSA) is 79.5 Å². The number of fused-ring (bicyclic) bond motifs is 2. The van der Waals surface area contributed by atoms with Gasteiger partial charge in [0, 0.05) is 0 Å². The smallest absolute Gasteiger partial charge is 0.231 e. The highest BCUT2D eigenvalue weighted by atomic mass is 32.1. The lowest BCUT2D eigenvalue weighted by molar-refractivity contribution is 0.174. The van der Waals surface area contributed by atoms with E-state index in [-0.39, 0.29) is 12.7 Å². The average Bonchev–Trinajstić information content (AvgIpc) is 3.12. The zero-order valence-electron chi connectivity index (χ0n) is 10.9. The van der Waals surface area contributed by atoms with Gasteiger partial charge in [0.1, 0.15) is 11.4 Å². The Morgan fingerprint density at radius 2 is 2.10 bits per heavy atom. The van der Waals surface area contributed by atoms with E-state index in [0.717, 1.165) is 27.3 Å². The third-order valence-corrected chi connectivity index (χ3v) is 3.93. The number of ether oxygens (including phenoxy) is 3. The molecule has 0 fully saturated rings. The van der Waals surface area contributed by atoms with Crippen molar-refractivity contribution in [3.8, 4) is 17.4 Å². The summed E-state index contributed by atoms with van der Waals surface area (Å²) in [4.78, 5) is 9.15. The fraction of sp³-hybridized carbons (Fsp3) is 0.143. The molecular formula is C14H11N3O3S. The number of benzene rings is 1. The van der Waals surface area contributed by atoms with Crippen LogP contribution in [0.3, 0.4) is 0 Å². The molecule has 0 aliphatic carbocycles. The van der Waals surface area contributed by atoms with E-state index in [9.17, 15) is 0 Å². The van der Waals surface area contributed by atoms with E-state index in [1.165, 1.54) is 11.3 Å². The van der Waals surface area contributed by atoms with Crippen molar-refractivity contribution in [2.24, 2.45) is 0 Å². The van der Waals surface area contributed by atoms with Crippen LogP contribution < -0.4 is 19.9 Å². The second kappa shape index (κ2) is 4.78. The minimum Gasteiger partial charge on any atom is -0.472 e. The number of hydrogen-bond donors (Lipinski definition) is 1. The summed E-state index contributed by atoms with van der Waals surface area (Å²) in [5.74, 6) is 2.20. The van der Waals surface area contributed by atoms with E-state index in [1.807, 2.05) is 29.6 Å². The van der Waals surface area contributed by atoms with E-state index >= 15 is 0 Å². The van der Waals surface area contributed by atoms with Gasteiger partial charge in [0.25, 0.3) is 0 Å². The molecule has 106 valence electrons. The summed E-state index contributed by atoms with van der Waals surface area (Å²) < 4.78 is 16.4. The standard InChI is InChI=1S/C14H11N3O3S/c15-14-16-12(9-3-4-21-13(9)17-14)18-6-8-1-2-10-11(5-8)20-7-19-10/h1-5H,6-7H2,(H2,15,16,17). The van der Waals surface area contributed by atoms with Crippen LogP contribution in [-0.4, -0.2) is 16.8 Å². The van der Waals surface area contributed by atoms with Gasteiger partial charge in [0.05, 0.1) is 5.39 Å². The monoisotopic (exact) mass is 301 g/mol. The lowest BCUT2D eigenvalue weighted by Gasteiger charge is -2.07. The first-order valence-corrected chi connectivity index (χ1v) is 7.19. The minimum atomic E-state index is 0.214. The molecule has 2 aromatic heterocycles. The molecule has 0 spiro atoms. The molecule has 6 nitrogen and oxygen atoms in total. The molecule has 3 heterocycles. The van der Waals surface area contributed by atoms with E-state index in [2.05, 4.69) is 9.97 Å². The van der Waals surface area contributed by atoms with Crippen molar-refractivity contribution in [2.75, 3.05) is 12.5 Å². The molecule has 3 aromatic rings. The van der Waals surface area contributed by atoms with Crippen LogP contribution in [0.5, 0.6) is 17.4 Å². The van der Waals surface area contributed by atoms with E-state index in [4.69, 9.17) is 19.9 Å². The van der Waals surface area contributed by atoms with Crippen LogP contribution in [-0.2, 0) is 6.61 Å². The number of thiophene rings is 1. The van der Waals surface area contributed by atoms with Crippen LogP contribution in [0.15, 0.2) is 29.6 Å². The predicted octanol–water partition coefficient (Wildman–Crippen LogP) is 2.58. The average molecular weight is 301 g/mol. The molecule has 4 rings (SSSR count). The molecule has 1 aliphatic heterocycles. The predicted molar refractivity (Wildman–Crippen MR) is 78.7 cm³/mol. The zero-order valence-corrected chi connectivity index (χ0v) is 11.7. The quantitative estimate of drug-likeness (QED) is 0.801. The van der Waals surface area contributed by atoms with Crippen molar-refractivity contribution in [3.05, 3.63) is 35.2 Å². The maximum Gasteiger partial charge on any atom is 0.231 e. The summed E-state index contributed by atoms with van der Waals surface area (Å²) in [6, 6.07) is 7.63. The van der Waals surface area contributed by atoms with E-state index in [0.29, 0.717) is 12.5 Å². The van der Waals surface area contributed by atoms with Crippen molar-refractivity contribution >= 4 is 27.5 Å². The summed E-state index contributed by atoms with van der Waals surface area (Å²) in [7, 11) is 0. The molecule has 0 radical (unpaired) electrons. The van der Waals surface area contributed by atoms with Crippen molar-refractivity contribution in [2.45, 2.75) is 6.61 Å². The highest BCUT2D eigenvalue weighted by molar-refractivity contribution is 7.16. The third-order valence-electron chi connectivity index (χ3n) is 3.12. The van der Waals surface area contributed by atoms with Crippen LogP contribution in [0, 0.1) is 0 Å². The lowest BCUT2D eigenvalue weighted by atomic mass is 10.2. The van der Waals surface area contributed by atoms with Crippen molar-refractivity contribution < 1.29 is 14.2 Å². The number of hydrogen-bond acceptors (Lipinski definition) is 7. The Morgan fingerprint density at radius 3 is 3.05 bits per heavy atom. The molecule has 1 aromatic carbocycles. The fourth-order valence-electron chi connectivity index (χ4n) is 2.14. The fourth-order valence-corrected chi connectivity index (χ4v) is 2.90. The maximum atomic E-state index is 5.78. The summed E-state index contributed by atoms with van der Waals surface area (Å²) >= 11 is 1.51. The Balaban J connectivity index is 1.59. The van der Waals surface area contributed by atoms with Gasteiger partial charge in [-0.05, 0) is 29.1 Å². The van der Waals surface area contributed by atoms with Gasteiger partial charge in [-0.2, -0.15) is 4.98 Å². The van der Waals surface area contributed by atoms with Gasteiger partial charge in [-0.25, -0.2) is 4.98 Å². The zero-order chi connectivity index (χ0) is 14.2. The Kier molecular flexibility index (Phi) is 2.78. The van der Waals surface area contributed by atoms with E-state index < -0.39 is 0 Å². The molecule has 0 bridgehead atoms. The van der Waals surface area contributed by atoms with Crippen LogP contribution in [0.25, 0.3) is 10.2 Å². The highest BCUT2D eigenvalue weighted by Crippen LogP contribution is 2.33. The molecule has 21 heavy (non-hydrogen) atoms. The Bertz CT molecular complexity index is 818. The summed E-state index contributed by atoms with van der Waals surface area (Å²) in [5, 5.41) is 2.81. The van der Waals surface area contributed by atoms with Crippen LogP contribution in [0.2, 0.25) is 0 Å². The van der Waals surface area contributed by atoms with Crippen molar-refractivity contribution in [3.63, 3.8) is 0 Å². The SMILES string of the molecule is Nc1nc(OCc2ccc3c(c2)OCO3)c2ccsc2n1. The van der Waals surface area contributed by atoms with Gasteiger partial charge < -0.3 is 19.9 Å². The Labute approximate surface area is 124 Å². The molecule has 0 amide bonds. The first-order valence-electron chi connectivity index (χ1n) is 6.31. The van der Waals surface area contributed by atoms with Gasteiger partial charge in [0.2, 0.25) is 18.6 Å². The second-order valence-electron chi connectivity index (χ2n) is 4.50. The Hall–Kier alpha value is -2.54. The van der Waals surface area contributed by atoms with E-state index in [1.54, 1.807) is 0 Å². The summed E-state index contributed by atoms with van der Waals surface area (Å²) in [6.07, 6.45) is 0. The number of nitrogens with two attached hydrogens (primary N) is 1. The van der Waals surface area contributed by atoms with Crippen molar-refractivity contribution in [1.29, 1.82) is 0 Å². The maximum absolute atomic E-state index is 5.78. The summed E-state index contributed by atoms with van der Waals surface area (Å²) in [6.45, 7) is 0.635. The molecule has 1 aliphatic rings.